The van der Waals surface area contributed by atoms with Crippen molar-refractivity contribution in [3.8, 4) is 11.5 Å². The first-order chi connectivity index (χ1) is 16.5. The molecular weight excluding hydrogens is 448 g/mol. The van der Waals surface area contributed by atoms with Crippen LogP contribution in [0.1, 0.15) is 23.6 Å². The molecule has 0 saturated carbocycles. The molecule has 0 radical (unpaired) electrons. The molecular formula is C26H28N4O3S. The van der Waals surface area contributed by atoms with E-state index < -0.39 is 0 Å². The first kappa shape index (κ1) is 24.9. The molecule has 0 unspecified atom stereocenters. The van der Waals surface area contributed by atoms with E-state index in [1.54, 1.807) is 18.3 Å². The van der Waals surface area contributed by atoms with Gasteiger partial charge in [-0.2, -0.15) is 5.10 Å². The van der Waals surface area contributed by atoms with Crippen LogP contribution in [0.15, 0.2) is 83.0 Å². The normalized spacial score (nSPS) is 11.4. The third-order valence-corrected chi connectivity index (χ3v) is 5.49. The van der Waals surface area contributed by atoms with Crippen molar-refractivity contribution in [3.63, 3.8) is 0 Å². The number of carbonyl (C=O) groups excluding carboxylic acids is 1. The fourth-order valence-electron chi connectivity index (χ4n) is 2.95. The van der Waals surface area contributed by atoms with E-state index in [2.05, 4.69) is 15.5 Å². The summed E-state index contributed by atoms with van der Waals surface area (Å²) < 4.78 is 11.4. The zero-order chi connectivity index (χ0) is 24.2. The SMILES string of the molecule is CCOc1cc(C=NN=C(N)SCc2ccccc2)ccc1OCC(=O)Nc1ccccc1C. The van der Waals surface area contributed by atoms with Gasteiger partial charge in [-0.3, -0.25) is 4.79 Å². The van der Waals surface area contributed by atoms with Crippen molar-refractivity contribution < 1.29 is 14.3 Å². The van der Waals surface area contributed by atoms with E-state index in [0.717, 1.165) is 22.6 Å². The van der Waals surface area contributed by atoms with E-state index in [-0.39, 0.29) is 12.5 Å². The van der Waals surface area contributed by atoms with Crippen LogP contribution in [-0.2, 0) is 10.5 Å². The molecule has 0 heterocycles. The molecule has 3 aromatic rings. The number of benzene rings is 3. The number of thioether (sulfide) groups is 1. The van der Waals surface area contributed by atoms with Crippen molar-refractivity contribution in [2.24, 2.45) is 15.9 Å². The number of nitrogens with two attached hydrogens (primary N) is 1. The van der Waals surface area contributed by atoms with Crippen molar-refractivity contribution in [1.82, 2.24) is 0 Å². The lowest BCUT2D eigenvalue weighted by Crippen LogP contribution is -2.20. The van der Waals surface area contributed by atoms with Gasteiger partial charge >= 0.3 is 0 Å². The Morgan fingerprint density at radius 3 is 2.56 bits per heavy atom. The van der Waals surface area contributed by atoms with Crippen LogP contribution in [0.5, 0.6) is 11.5 Å². The fourth-order valence-corrected chi connectivity index (χ4v) is 3.56. The molecule has 0 aromatic heterocycles. The van der Waals surface area contributed by atoms with Crippen molar-refractivity contribution in [2.45, 2.75) is 19.6 Å². The Hall–Kier alpha value is -3.78. The van der Waals surface area contributed by atoms with Gasteiger partial charge in [0.2, 0.25) is 0 Å². The molecule has 0 fully saturated rings. The minimum absolute atomic E-state index is 0.138. The maximum absolute atomic E-state index is 12.3. The highest BCUT2D eigenvalue weighted by Gasteiger charge is 2.10. The summed E-state index contributed by atoms with van der Waals surface area (Å²) in [5, 5.41) is 11.3. The van der Waals surface area contributed by atoms with Crippen molar-refractivity contribution in [3.05, 3.63) is 89.5 Å². The lowest BCUT2D eigenvalue weighted by molar-refractivity contribution is -0.118. The van der Waals surface area contributed by atoms with Gasteiger partial charge in [-0.15, -0.1) is 5.10 Å². The van der Waals surface area contributed by atoms with Gasteiger partial charge in [-0.1, -0.05) is 60.3 Å². The Morgan fingerprint density at radius 2 is 1.79 bits per heavy atom. The summed E-state index contributed by atoms with van der Waals surface area (Å²) >= 11 is 1.42. The second-order valence-corrected chi connectivity index (χ2v) is 8.24. The highest BCUT2D eigenvalue weighted by atomic mass is 32.2. The first-order valence-electron chi connectivity index (χ1n) is 10.8. The Labute approximate surface area is 204 Å². The van der Waals surface area contributed by atoms with Crippen LogP contribution >= 0.6 is 11.8 Å². The van der Waals surface area contributed by atoms with Gasteiger partial charge in [-0.05, 0) is 54.8 Å². The summed E-state index contributed by atoms with van der Waals surface area (Å²) in [6.07, 6.45) is 1.59. The van der Waals surface area contributed by atoms with E-state index >= 15 is 0 Å². The number of hydrogen-bond acceptors (Lipinski definition) is 6. The molecule has 0 saturated heterocycles. The summed E-state index contributed by atoms with van der Waals surface area (Å²) in [6.45, 7) is 4.13. The quantitative estimate of drug-likeness (QED) is 0.244. The molecule has 0 atom stereocenters. The number of ether oxygens (including phenoxy) is 2. The Balaban J connectivity index is 1.57. The number of rotatable bonds is 10. The monoisotopic (exact) mass is 476 g/mol. The van der Waals surface area contributed by atoms with Gasteiger partial charge in [0, 0.05) is 11.4 Å². The standard InChI is InChI=1S/C26H28N4O3S/c1-3-32-24-15-21(16-28-30-26(27)34-18-20-10-5-4-6-11-20)13-14-23(24)33-17-25(31)29-22-12-8-7-9-19(22)2/h4-16H,3,17-18H2,1-2H3,(H2,27,30)(H,29,31). The predicted octanol–water partition coefficient (Wildman–Crippen LogP) is 4.99. The van der Waals surface area contributed by atoms with E-state index in [1.165, 1.54) is 17.3 Å². The van der Waals surface area contributed by atoms with Gasteiger partial charge in [0.1, 0.15) is 0 Å². The minimum atomic E-state index is -0.250. The highest BCUT2D eigenvalue weighted by Crippen LogP contribution is 2.28. The van der Waals surface area contributed by atoms with Gasteiger partial charge in [0.05, 0.1) is 12.8 Å². The molecule has 3 N–H and O–H groups in total. The smallest absolute Gasteiger partial charge is 0.262 e. The van der Waals surface area contributed by atoms with Crippen LogP contribution in [-0.4, -0.2) is 30.5 Å². The van der Waals surface area contributed by atoms with Crippen LogP contribution in [0.2, 0.25) is 0 Å². The number of nitrogens with one attached hydrogen (secondary N) is 1. The molecule has 3 aromatic carbocycles. The average molecular weight is 477 g/mol. The number of hydrogen-bond donors (Lipinski definition) is 2. The third kappa shape index (κ3) is 7.97. The molecule has 0 aliphatic carbocycles. The molecule has 0 aliphatic rings. The summed E-state index contributed by atoms with van der Waals surface area (Å²) in [6, 6.07) is 22.9. The average Bonchev–Trinajstić information content (AvgIpc) is 2.84. The number of carbonyl (C=O) groups is 1. The maximum atomic E-state index is 12.3. The number of amides is 1. The highest BCUT2D eigenvalue weighted by molar-refractivity contribution is 8.13. The zero-order valence-corrected chi connectivity index (χ0v) is 20.0. The van der Waals surface area contributed by atoms with Gasteiger partial charge < -0.3 is 20.5 Å². The third-order valence-electron chi connectivity index (χ3n) is 4.64. The molecule has 176 valence electrons. The van der Waals surface area contributed by atoms with E-state index in [4.69, 9.17) is 15.2 Å². The van der Waals surface area contributed by atoms with Gasteiger partial charge in [0.25, 0.3) is 5.91 Å². The second-order valence-electron chi connectivity index (χ2n) is 7.25. The molecule has 0 aliphatic heterocycles. The molecule has 0 spiro atoms. The summed E-state index contributed by atoms with van der Waals surface area (Å²) in [4.78, 5) is 12.3. The van der Waals surface area contributed by atoms with E-state index in [1.807, 2.05) is 74.5 Å². The lowest BCUT2D eigenvalue weighted by atomic mass is 10.2. The minimum Gasteiger partial charge on any atom is -0.490 e. The number of para-hydroxylation sites is 1. The molecule has 8 heteroatoms. The van der Waals surface area contributed by atoms with Gasteiger partial charge in [-0.25, -0.2) is 0 Å². The topological polar surface area (TPSA) is 98.3 Å². The Kier molecular flexibility index (Phi) is 9.54. The number of amidine groups is 1. The fraction of sp³-hybridized carbons (Fsp3) is 0.192. The molecule has 0 bridgehead atoms. The van der Waals surface area contributed by atoms with Crippen LogP contribution in [0, 0.1) is 6.92 Å². The van der Waals surface area contributed by atoms with Crippen LogP contribution in [0.25, 0.3) is 0 Å². The first-order valence-corrected chi connectivity index (χ1v) is 11.8. The number of nitrogens with zero attached hydrogens (tertiary/aromatic N) is 2. The largest absolute Gasteiger partial charge is 0.490 e. The predicted molar refractivity (Wildman–Crippen MR) is 140 cm³/mol. The lowest BCUT2D eigenvalue weighted by Gasteiger charge is -2.13. The Morgan fingerprint density at radius 1 is 1.03 bits per heavy atom. The van der Waals surface area contributed by atoms with Crippen molar-refractivity contribution >= 4 is 34.7 Å². The van der Waals surface area contributed by atoms with Crippen LogP contribution in [0.4, 0.5) is 5.69 Å². The second kappa shape index (κ2) is 13.1. The number of anilines is 1. The van der Waals surface area contributed by atoms with Gasteiger partial charge in [0.15, 0.2) is 23.3 Å². The molecule has 1 amide bonds. The molecule has 34 heavy (non-hydrogen) atoms. The molecule has 3 rings (SSSR count). The zero-order valence-electron chi connectivity index (χ0n) is 19.2. The molecule has 7 nitrogen and oxygen atoms in total. The van der Waals surface area contributed by atoms with Crippen LogP contribution in [0.3, 0.4) is 0 Å². The maximum Gasteiger partial charge on any atom is 0.262 e. The van der Waals surface area contributed by atoms with Crippen molar-refractivity contribution in [2.75, 3.05) is 18.5 Å². The summed E-state index contributed by atoms with van der Waals surface area (Å²) in [5.41, 5.74) is 9.61. The summed E-state index contributed by atoms with van der Waals surface area (Å²) in [7, 11) is 0. The Bertz CT molecular complexity index is 1150. The van der Waals surface area contributed by atoms with E-state index in [9.17, 15) is 4.79 Å². The van der Waals surface area contributed by atoms with Crippen molar-refractivity contribution in [1.29, 1.82) is 0 Å². The number of aryl methyl sites for hydroxylation is 1. The van der Waals surface area contributed by atoms with E-state index in [0.29, 0.717) is 23.3 Å². The van der Waals surface area contributed by atoms with Crippen LogP contribution < -0.4 is 20.5 Å². The summed E-state index contributed by atoms with van der Waals surface area (Å²) in [5.74, 6) is 1.47.